The van der Waals surface area contributed by atoms with E-state index in [9.17, 15) is 9.59 Å². The summed E-state index contributed by atoms with van der Waals surface area (Å²) in [6, 6.07) is 8.01. The molecule has 2 fully saturated rings. The summed E-state index contributed by atoms with van der Waals surface area (Å²) in [5.41, 5.74) is 1.00. The van der Waals surface area contributed by atoms with Crippen molar-refractivity contribution in [2.45, 2.75) is 51.5 Å². The third kappa shape index (κ3) is 5.71. The third-order valence-corrected chi connectivity index (χ3v) is 5.54. The zero-order valence-corrected chi connectivity index (χ0v) is 16.9. The second kappa shape index (κ2) is 10.5. The third-order valence-electron chi connectivity index (χ3n) is 5.54. The molecule has 0 aliphatic carbocycles. The van der Waals surface area contributed by atoms with Crippen molar-refractivity contribution in [1.82, 2.24) is 9.80 Å². The lowest BCUT2D eigenvalue weighted by Crippen LogP contribution is -2.45. The molecule has 0 bridgehead atoms. The fraction of sp³-hybridized carbons (Fsp3) is 0.636. The zero-order chi connectivity index (χ0) is 19.8. The van der Waals surface area contributed by atoms with Crippen molar-refractivity contribution >= 4 is 11.8 Å². The van der Waals surface area contributed by atoms with E-state index in [4.69, 9.17) is 9.47 Å². The van der Waals surface area contributed by atoms with Gasteiger partial charge in [-0.2, -0.15) is 0 Å². The minimum atomic E-state index is 0.156. The van der Waals surface area contributed by atoms with Gasteiger partial charge >= 0.3 is 0 Å². The molecule has 2 amide bonds. The Morgan fingerprint density at radius 1 is 1.25 bits per heavy atom. The van der Waals surface area contributed by atoms with Crippen molar-refractivity contribution in [1.29, 1.82) is 0 Å². The van der Waals surface area contributed by atoms with Crippen LogP contribution < -0.4 is 4.74 Å². The fourth-order valence-electron chi connectivity index (χ4n) is 4.03. The van der Waals surface area contributed by atoms with Gasteiger partial charge in [-0.05, 0) is 50.3 Å². The number of likely N-dealkylation sites (tertiary alicyclic amines) is 1. The SMILES string of the molecule is CCOc1ccc(CC(=O)N(CCCN2CCCC2=O)C2CCOCC2)cc1. The molecule has 3 rings (SSSR count). The number of ether oxygens (including phenoxy) is 2. The molecule has 0 aromatic heterocycles. The molecule has 1 aromatic carbocycles. The molecular formula is C22H32N2O4. The largest absolute Gasteiger partial charge is 0.494 e. The van der Waals surface area contributed by atoms with E-state index in [1.165, 1.54) is 0 Å². The lowest BCUT2D eigenvalue weighted by molar-refractivity contribution is -0.134. The fourth-order valence-corrected chi connectivity index (χ4v) is 4.03. The van der Waals surface area contributed by atoms with E-state index in [1.54, 1.807) is 0 Å². The molecule has 6 heteroatoms. The van der Waals surface area contributed by atoms with Gasteiger partial charge in [-0.3, -0.25) is 9.59 Å². The predicted octanol–water partition coefficient (Wildman–Crippen LogP) is 2.65. The van der Waals surface area contributed by atoms with Crippen LogP contribution in [0.5, 0.6) is 5.75 Å². The number of carbonyl (C=O) groups excluding carboxylic acids is 2. The Morgan fingerprint density at radius 2 is 2.00 bits per heavy atom. The van der Waals surface area contributed by atoms with Gasteiger partial charge in [0.05, 0.1) is 13.0 Å². The van der Waals surface area contributed by atoms with Crippen molar-refractivity contribution in [2.24, 2.45) is 0 Å². The maximum Gasteiger partial charge on any atom is 0.227 e. The van der Waals surface area contributed by atoms with Crippen molar-refractivity contribution in [2.75, 3.05) is 39.5 Å². The summed E-state index contributed by atoms with van der Waals surface area (Å²) in [5.74, 6) is 1.23. The van der Waals surface area contributed by atoms with Crippen molar-refractivity contribution in [3.8, 4) is 5.75 Å². The van der Waals surface area contributed by atoms with Gasteiger partial charge in [-0.15, -0.1) is 0 Å². The van der Waals surface area contributed by atoms with E-state index in [1.807, 2.05) is 41.0 Å². The Kier molecular flexibility index (Phi) is 7.71. The summed E-state index contributed by atoms with van der Waals surface area (Å²) in [6.45, 7) is 6.31. The Hall–Kier alpha value is -2.08. The van der Waals surface area contributed by atoms with Crippen LogP contribution in [0.4, 0.5) is 0 Å². The van der Waals surface area contributed by atoms with Crippen LogP contribution in [0.25, 0.3) is 0 Å². The summed E-state index contributed by atoms with van der Waals surface area (Å²) >= 11 is 0. The van der Waals surface area contributed by atoms with Gasteiger partial charge in [0.2, 0.25) is 11.8 Å². The van der Waals surface area contributed by atoms with E-state index in [0.29, 0.717) is 39.2 Å². The van der Waals surface area contributed by atoms with Crippen LogP contribution in [-0.2, 0) is 20.7 Å². The van der Waals surface area contributed by atoms with Gasteiger partial charge in [-0.25, -0.2) is 0 Å². The van der Waals surface area contributed by atoms with E-state index < -0.39 is 0 Å². The topological polar surface area (TPSA) is 59.1 Å². The van der Waals surface area contributed by atoms with E-state index in [0.717, 1.165) is 50.1 Å². The van der Waals surface area contributed by atoms with E-state index in [-0.39, 0.29) is 17.9 Å². The Bertz CT molecular complexity index is 640. The molecule has 0 saturated carbocycles. The highest BCUT2D eigenvalue weighted by atomic mass is 16.5. The molecule has 28 heavy (non-hydrogen) atoms. The summed E-state index contributed by atoms with van der Waals surface area (Å²) < 4.78 is 11.0. The lowest BCUT2D eigenvalue weighted by atomic mass is 10.0. The van der Waals surface area contributed by atoms with Gasteiger partial charge in [0, 0.05) is 45.3 Å². The van der Waals surface area contributed by atoms with Crippen LogP contribution in [-0.4, -0.2) is 67.1 Å². The lowest BCUT2D eigenvalue weighted by Gasteiger charge is -2.35. The number of carbonyl (C=O) groups is 2. The highest BCUT2D eigenvalue weighted by molar-refractivity contribution is 5.79. The first-order valence-corrected chi connectivity index (χ1v) is 10.5. The molecule has 2 aliphatic rings. The first-order chi connectivity index (χ1) is 13.7. The van der Waals surface area contributed by atoms with Gasteiger partial charge in [0.25, 0.3) is 0 Å². The van der Waals surface area contributed by atoms with Crippen molar-refractivity contribution in [3.63, 3.8) is 0 Å². The van der Waals surface area contributed by atoms with Crippen LogP contribution in [0.15, 0.2) is 24.3 Å². The first kappa shape index (κ1) is 20.6. The van der Waals surface area contributed by atoms with Gasteiger partial charge in [0.15, 0.2) is 0 Å². The smallest absolute Gasteiger partial charge is 0.227 e. The molecule has 0 spiro atoms. The van der Waals surface area contributed by atoms with E-state index in [2.05, 4.69) is 0 Å². The molecule has 2 aliphatic heterocycles. The molecule has 0 unspecified atom stereocenters. The number of nitrogens with zero attached hydrogens (tertiary/aromatic N) is 2. The number of rotatable bonds is 9. The second-order valence-corrected chi connectivity index (χ2v) is 7.52. The molecule has 2 heterocycles. The maximum absolute atomic E-state index is 13.1. The minimum Gasteiger partial charge on any atom is -0.494 e. The van der Waals surface area contributed by atoms with Gasteiger partial charge in [-0.1, -0.05) is 12.1 Å². The summed E-state index contributed by atoms with van der Waals surface area (Å²) in [6.07, 6.45) is 4.62. The van der Waals surface area contributed by atoms with Crippen LogP contribution >= 0.6 is 0 Å². The van der Waals surface area contributed by atoms with Crippen LogP contribution in [0.3, 0.4) is 0 Å². The molecule has 0 N–H and O–H groups in total. The monoisotopic (exact) mass is 388 g/mol. The molecule has 6 nitrogen and oxygen atoms in total. The highest BCUT2D eigenvalue weighted by Gasteiger charge is 2.26. The number of hydrogen-bond acceptors (Lipinski definition) is 4. The molecule has 154 valence electrons. The van der Waals surface area contributed by atoms with Crippen LogP contribution in [0.2, 0.25) is 0 Å². The second-order valence-electron chi connectivity index (χ2n) is 7.52. The van der Waals surface area contributed by atoms with Crippen LogP contribution in [0.1, 0.15) is 44.6 Å². The minimum absolute atomic E-state index is 0.156. The Morgan fingerprint density at radius 3 is 2.64 bits per heavy atom. The summed E-state index contributed by atoms with van der Waals surface area (Å²) in [5, 5.41) is 0. The average Bonchev–Trinajstić information content (AvgIpc) is 3.12. The Balaban J connectivity index is 1.58. The van der Waals surface area contributed by atoms with Crippen molar-refractivity contribution in [3.05, 3.63) is 29.8 Å². The molecule has 1 aromatic rings. The predicted molar refractivity (Wildman–Crippen MR) is 107 cm³/mol. The standard InChI is InChI=1S/C22H32N2O4/c1-2-28-20-8-6-18(7-9-20)17-22(26)24(19-10-15-27-16-11-19)14-4-13-23-12-3-5-21(23)25/h6-9,19H,2-5,10-17H2,1H3. The van der Waals surface area contributed by atoms with Crippen molar-refractivity contribution < 1.29 is 19.1 Å². The zero-order valence-electron chi connectivity index (χ0n) is 16.9. The molecular weight excluding hydrogens is 356 g/mol. The maximum atomic E-state index is 13.1. The number of hydrogen-bond donors (Lipinski definition) is 0. The van der Waals surface area contributed by atoms with Gasteiger partial charge < -0.3 is 19.3 Å². The number of benzene rings is 1. The normalized spacial score (nSPS) is 17.8. The van der Waals surface area contributed by atoms with Gasteiger partial charge in [0.1, 0.15) is 5.75 Å². The number of amides is 2. The van der Waals surface area contributed by atoms with E-state index >= 15 is 0 Å². The van der Waals surface area contributed by atoms with Crippen LogP contribution in [0, 0.1) is 0 Å². The molecule has 2 saturated heterocycles. The molecule has 0 radical (unpaired) electrons. The summed E-state index contributed by atoms with van der Waals surface area (Å²) in [4.78, 5) is 28.9. The molecule has 0 atom stereocenters. The average molecular weight is 389 g/mol. The first-order valence-electron chi connectivity index (χ1n) is 10.5. The summed E-state index contributed by atoms with van der Waals surface area (Å²) in [7, 11) is 0. The Labute approximate surface area is 167 Å². The highest BCUT2D eigenvalue weighted by Crippen LogP contribution is 2.19. The quantitative estimate of drug-likeness (QED) is 0.653.